The summed E-state index contributed by atoms with van der Waals surface area (Å²) in [4.78, 5) is 32.0. The van der Waals surface area contributed by atoms with Crippen molar-refractivity contribution in [2.45, 2.75) is 49.5 Å². The largest absolute Gasteiger partial charge is 0.326 e. The van der Waals surface area contributed by atoms with E-state index in [9.17, 15) is 18.0 Å². The molecule has 5 fully saturated rings. The normalized spacial score (nSPS) is 30.9. The third kappa shape index (κ3) is 3.94. The fourth-order valence-corrected chi connectivity index (χ4v) is 7.23. The van der Waals surface area contributed by atoms with Gasteiger partial charge in [-0.1, -0.05) is 32.9 Å². The first-order chi connectivity index (χ1) is 16.0. The monoisotopic (exact) mass is 489 g/mol. The van der Waals surface area contributed by atoms with E-state index in [1.807, 2.05) is 17.0 Å². The second kappa shape index (κ2) is 8.29. The van der Waals surface area contributed by atoms with Gasteiger partial charge in [0.05, 0.1) is 11.6 Å². The summed E-state index contributed by atoms with van der Waals surface area (Å²) in [6.07, 6.45) is 1.88. The number of hydrogen-bond donors (Lipinski definition) is 1. The number of carbonyl (C=O) groups excluding carboxylic acids is 2. The van der Waals surface area contributed by atoms with E-state index in [0.29, 0.717) is 37.6 Å². The van der Waals surface area contributed by atoms with Gasteiger partial charge in [-0.3, -0.25) is 9.69 Å². The van der Waals surface area contributed by atoms with Crippen LogP contribution in [0.2, 0.25) is 0 Å². The first kappa shape index (κ1) is 23.7. The van der Waals surface area contributed by atoms with E-state index >= 15 is 0 Å². The lowest BCUT2D eigenvalue weighted by Gasteiger charge is -2.49. The molecule has 1 N–H and O–H groups in total. The molecule has 186 valence electrons. The zero-order valence-electron chi connectivity index (χ0n) is 20.3. The maximum absolute atomic E-state index is 13.3. The predicted octanol–water partition coefficient (Wildman–Crippen LogP) is 1.26. The number of carbonyl (C=O) groups is 2. The molecule has 1 atom stereocenters. The van der Waals surface area contributed by atoms with Gasteiger partial charge in [0, 0.05) is 32.7 Å². The number of rotatable bonds is 4. The van der Waals surface area contributed by atoms with E-state index in [-0.39, 0.29) is 29.9 Å². The van der Waals surface area contributed by atoms with E-state index in [0.717, 1.165) is 31.5 Å². The Morgan fingerprint density at radius 2 is 1.59 bits per heavy atom. The van der Waals surface area contributed by atoms with Crippen molar-refractivity contribution in [2.24, 2.45) is 5.92 Å². The number of piperazine rings is 1. The molecule has 0 radical (unpaired) electrons. The molecule has 9 nitrogen and oxygen atoms in total. The summed E-state index contributed by atoms with van der Waals surface area (Å²) in [6, 6.07) is 6.80. The second-order valence-corrected chi connectivity index (χ2v) is 13.1. The number of imide groups is 1. The molecule has 1 unspecified atom stereocenters. The Morgan fingerprint density at radius 3 is 2.12 bits per heavy atom. The molecule has 0 aliphatic carbocycles. The van der Waals surface area contributed by atoms with Crippen LogP contribution in [0.4, 0.5) is 4.79 Å². The van der Waals surface area contributed by atoms with E-state index < -0.39 is 15.6 Å². The van der Waals surface area contributed by atoms with Crippen molar-refractivity contribution in [2.75, 3.05) is 52.5 Å². The lowest BCUT2D eigenvalue weighted by atomic mass is 9.73. The number of fused-ring (bicyclic) bond motifs is 2. The molecular weight excluding hydrogens is 454 g/mol. The van der Waals surface area contributed by atoms with Crippen LogP contribution in [-0.2, 0) is 20.2 Å². The van der Waals surface area contributed by atoms with Crippen LogP contribution in [0, 0.1) is 5.92 Å². The highest BCUT2D eigenvalue weighted by Crippen LogP contribution is 2.39. The third-order valence-corrected chi connectivity index (χ3v) is 9.90. The Hall–Kier alpha value is -2.01. The van der Waals surface area contributed by atoms with Gasteiger partial charge in [-0.2, -0.15) is 4.31 Å². The van der Waals surface area contributed by atoms with Crippen molar-refractivity contribution in [3.63, 3.8) is 0 Å². The minimum absolute atomic E-state index is 0.0413. The molecule has 1 aromatic rings. The van der Waals surface area contributed by atoms with Gasteiger partial charge in [-0.25, -0.2) is 18.1 Å². The SMILES string of the molecule is CC(C)(C)c1ccc(S(=O)(=O)N2CCN(CN3C(=O)NC4(CN5CCC4CC5)C3=O)CC2)cc1. The number of piperidine rings is 3. The highest BCUT2D eigenvalue weighted by molar-refractivity contribution is 7.89. The van der Waals surface area contributed by atoms with Gasteiger partial charge in [-0.15, -0.1) is 0 Å². The van der Waals surface area contributed by atoms with Crippen LogP contribution in [-0.4, -0.2) is 97.4 Å². The molecule has 0 saturated carbocycles. The summed E-state index contributed by atoms with van der Waals surface area (Å²) in [5.41, 5.74) is 0.267. The standard InChI is InChI=1S/C24H35N5O4S/c1-23(2,3)18-4-6-20(7-5-18)34(32,33)28-14-12-27(13-15-28)17-29-21(30)24(25-22(29)31)16-26-10-8-19(24)9-11-26/h4-7,19H,8-17H2,1-3H3,(H,25,31). The zero-order chi connectivity index (χ0) is 24.3. The Morgan fingerprint density at radius 1 is 0.971 bits per heavy atom. The summed E-state index contributed by atoms with van der Waals surface area (Å²) in [5.74, 6) is 0.0755. The number of sulfonamides is 1. The Labute approximate surface area is 202 Å². The minimum Gasteiger partial charge on any atom is -0.322 e. The van der Waals surface area contributed by atoms with E-state index in [1.54, 1.807) is 12.1 Å². The van der Waals surface area contributed by atoms with Crippen molar-refractivity contribution in [3.8, 4) is 0 Å². The lowest BCUT2D eigenvalue weighted by Crippen LogP contribution is -2.67. The van der Waals surface area contributed by atoms with Crippen LogP contribution in [0.3, 0.4) is 0 Å². The van der Waals surface area contributed by atoms with Crippen molar-refractivity contribution in [3.05, 3.63) is 29.8 Å². The van der Waals surface area contributed by atoms with Crippen LogP contribution in [0.15, 0.2) is 29.2 Å². The van der Waals surface area contributed by atoms with Gasteiger partial charge in [-0.05, 0) is 55.0 Å². The summed E-state index contributed by atoms with van der Waals surface area (Å²) in [6.45, 7) is 10.7. The Bertz CT molecular complexity index is 1070. The van der Waals surface area contributed by atoms with Crippen molar-refractivity contribution in [1.82, 2.24) is 24.3 Å². The van der Waals surface area contributed by atoms with Crippen molar-refractivity contribution in [1.29, 1.82) is 0 Å². The molecular formula is C24H35N5O4S. The van der Waals surface area contributed by atoms with Crippen LogP contribution in [0.5, 0.6) is 0 Å². The summed E-state index contributed by atoms with van der Waals surface area (Å²) in [5, 5.41) is 3.02. The molecule has 1 aromatic carbocycles. The quantitative estimate of drug-likeness (QED) is 0.641. The van der Waals surface area contributed by atoms with E-state index in [1.165, 1.54) is 9.21 Å². The average Bonchev–Trinajstić information content (AvgIpc) is 3.03. The highest BCUT2D eigenvalue weighted by atomic mass is 32.2. The molecule has 5 saturated heterocycles. The third-order valence-electron chi connectivity index (χ3n) is 7.99. The average molecular weight is 490 g/mol. The molecule has 1 spiro atoms. The number of nitrogens with one attached hydrogen (secondary N) is 1. The Kier molecular flexibility index (Phi) is 5.78. The predicted molar refractivity (Wildman–Crippen MR) is 128 cm³/mol. The van der Waals surface area contributed by atoms with Gasteiger partial charge in [0.2, 0.25) is 10.0 Å². The van der Waals surface area contributed by atoms with Gasteiger partial charge >= 0.3 is 6.03 Å². The fourth-order valence-electron chi connectivity index (χ4n) is 5.81. The summed E-state index contributed by atoms with van der Waals surface area (Å²) in [7, 11) is -3.58. The van der Waals surface area contributed by atoms with Gasteiger partial charge < -0.3 is 10.2 Å². The molecule has 5 aliphatic rings. The topological polar surface area (TPSA) is 93.3 Å². The fraction of sp³-hybridized carbons (Fsp3) is 0.667. The van der Waals surface area contributed by atoms with Gasteiger partial charge in [0.15, 0.2) is 0 Å². The number of benzene rings is 1. The molecule has 6 rings (SSSR count). The minimum atomic E-state index is -3.58. The summed E-state index contributed by atoms with van der Waals surface area (Å²) < 4.78 is 27.8. The van der Waals surface area contributed by atoms with Crippen LogP contribution in [0.25, 0.3) is 0 Å². The highest BCUT2D eigenvalue weighted by Gasteiger charge is 2.59. The molecule has 5 heterocycles. The van der Waals surface area contributed by atoms with E-state index in [4.69, 9.17) is 0 Å². The van der Waals surface area contributed by atoms with Crippen LogP contribution in [0.1, 0.15) is 39.2 Å². The van der Waals surface area contributed by atoms with Gasteiger partial charge in [0.25, 0.3) is 5.91 Å². The molecule has 10 heteroatoms. The smallest absolute Gasteiger partial charge is 0.322 e. The number of nitrogens with zero attached hydrogens (tertiary/aromatic N) is 4. The van der Waals surface area contributed by atoms with Crippen LogP contribution >= 0.6 is 0 Å². The second-order valence-electron chi connectivity index (χ2n) is 11.1. The first-order valence-corrected chi connectivity index (χ1v) is 13.6. The van der Waals surface area contributed by atoms with E-state index in [2.05, 4.69) is 31.0 Å². The van der Waals surface area contributed by atoms with Crippen molar-refractivity contribution >= 4 is 22.0 Å². The molecule has 3 amide bonds. The lowest BCUT2D eigenvalue weighted by molar-refractivity contribution is -0.139. The molecule has 5 aliphatic heterocycles. The number of amides is 3. The number of urea groups is 1. The van der Waals surface area contributed by atoms with Crippen molar-refractivity contribution < 1.29 is 18.0 Å². The van der Waals surface area contributed by atoms with Gasteiger partial charge in [0.1, 0.15) is 5.54 Å². The molecule has 0 aromatic heterocycles. The molecule has 2 bridgehead atoms. The molecule has 34 heavy (non-hydrogen) atoms. The van der Waals surface area contributed by atoms with Crippen LogP contribution < -0.4 is 5.32 Å². The summed E-state index contributed by atoms with van der Waals surface area (Å²) >= 11 is 0. The number of hydrogen-bond acceptors (Lipinski definition) is 6. The zero-order valence-corrected chi connectivity index (χ0v) is 21.1. The first-order valence-electron chi connectivity index (χ1n) is 12.2. The maximum atomic E-state index is 13.3. The maximum Gasteiger partial charge on any atom is 0.326 e. The Balaban J connectivity index is 1.21.